The van der Waals surface area contributed by atoms with Gasteiger partial charge in [-0.25, -0.2) is 0 Å². The van der Waals surface area contributed by atoms with Crippen molar-refractivity contribution in [3.63, 3.8) is 0 Å². The Morgan fingerprint density at radius 3 is 1.00 bits per heavy atom. The maximum atomic E-state index is 15.1. The molecular formula is C45H28F6N2O2. The highest BCUT2D eigenvalue weighted by atomic mass is 19.4. The van der Waals surface area contributed by atoms with Crippen molar-refractivity contribution in [2.24, 2.45) is 0 Å². The molecule has 2 aliphatic heterocycles. The number of fused-ring (bicyclic) bond motifs is 4. The lowest BCUT2D eigenvalue weighted by Gasteiger charge is -2.39. The Bertz CT molecular complexity index is 2370. The quantitative estimate of drug-likeness (QED) is 0.168. The van der Waals surface area contributed by atoms with Gasteiger partial charge >= 0.3 is 12.4 Å². The maximum absolute atomic E-state index is 15.1. The molecule has 0 fully saturated rings. The van der Waals surface area contributed by atoms with E-state index < -0.39 is 23.5 Å². The number of para-hydroxylation sites is 8. The number of hydrogen-bond donors (Lipinski definition) is 0. The Morgan fingerprint density at radius 2 is 0.673 bits per heavy atom. The van der Waals surface area contributed by atoms with Crippen molar-refractivity contribution in [3.05, 3.63) is 168 Å². The second-order valence-electron chi connectivity index (χ2n) is 13.1. The van der Waals surface area contributed by atoms with E-state index in [1.165, 1.54) is 36.4 Å². The van der Waals surface area contributed by atoms with Gasteiger partial charge in [-0.1, -0.05) is 84.9 Å². The van der Waals surface area contributed by atoms with Crippen LogP contribution in [0.3, 0.4) is 0 Å². The summed E-state index contributed by atoms with van der Waals surface area (Å²) in [5.41, 5.74) is 0.869. The molecule has 0 amide bonds. The Morgan fingerprint density at radius 1 is 0.382 bits per heavy atom. The number of halogens is 6. The molecule has 0 spiro atoms. The second kappa shape index (κ2) is 12.7. The van der Waals surface area contributed by atoms with E-state index >= 15 is 26.3 Å². The first-order valence-electron chi connectivity index (χ1n) is 17.3. The summed E-state index contributed by atoms with van der Waals surface area (Å²) in [4.78, 5) is 3.65. The Balaban J connectivity index is 1.49. The van der Waals surface area contributed by atoms with Crippen molar-refractivity contribution in [1.29, 1.82) is 0 Å². The van der Waals surface area contributed by atoms with Crippen LogP contribution in [0, 0.1) is 6.92 Å². The van der Waals surface area contributed by atoms with Crippen molar-refractivity contribution in [2.75, 3.05) is 9.80 Å². The van der Waals surface area contributed by atoms with E-state index in [1.807, 2.05) is 9.80 Å². The van der Waals surface area contributed by atoms with E-state index in [1.54, 1.807) is 110 Å². The average Bonchev–Trinajstić information content (AvgIpc) is 3.18. The summed E-state index contributed by atoms with van der Waals surface area (Å²) in [5, 5.41) is 0. The Labute approximate surface area is 312 Å². The fourth-order valence-electron chi connectivity index (χ4n) is 7.64. The topological polar surface area (TPSA) is 24.9 Å². The summed E-state index contributed by atoms with van der Waals surface area (Å²) in [6.45, 7) is 1.59. The van der Waals surface area contributed by atoms with Gasteiger partial charge < -0.3 is 19.3 Å². The second-order valence-corrected chi connectivity index (χ2v) is 13.1. The molecule has 0 saturated heterocycles. The number of alkyl halides is 6. The minimum Gasteiger partial charge on any atom is -0.453 e. The van der Waals surface area contributed by atoms with Crippen molar-refractivity contribution >= 4 is 34.1 Å². The van der Waals surface area contributed by atoms with Gasteiger partial charge in [-0.15, -0.1) is 0 Å². The average molecular weight is 743 g/mol. The van der Waals surface area contributed by atoms with Crippen molar-refractivity contribution in [1.82, 2.24) is 0 Å². The highest BCUT2D eigenvalue weighted by Crippen LogP contribution is 2.60. The zero-order chi connectivity index (χ0) is 38.1. The molecule has 272 valence electrons. The lowest BCUT2D eigenvalue weighted by atomic mass is 9.85. The van der Waals surface area contributed by atoms with Crippen LogP contribution in [0.2, 0.25) is 0 Å². The molecule has 0 aliphatic carbocycles. The zero-order valence-electron chi connectivity index (χ0n) is 28.9. The molecule has 4 nitrogen and oxygen atoms in total. The minimum atomic E-state index is -4.80. The van der Waals surface area contributed by atoms with Gasteiger partial charge in [0.05, 0.1) is 45.3 Å². The van der Waals surface area contributed by atoms with Crippen molar-refractivity contribution in [2.45, 2.75) is 19.3 Å². The molecule has 0 N–H and O–H groups in total. The molecular weight excluding hydrogens is 714 g/mol. The van der Waals surface area contributed by atoms with Gasteiger partial charge in [0.2, 0.25) is 0 Å². The van der Waals surface area contributed by atoms with E-state index in [0.29, 0.717) is 57.1 Å². The molecule has 10 heteroatoms. The lowest BCUT2D eigenvalue weighted by molar-refractivity contribution is -0.137. The van der Waals surface area contributed by atoms with Crippen LogP contribution in [0.15, 0.2) is 152 Å². The molecule has 2 heterocycles. The molecule has 9 rings (SSSR count). The number of rotatable bonds is 4. The molecule has 0 saturated carbocycles. The summed E-state index contributed by atoms with van der Waals surface area (Å²) in [6.07, 6.45) is -9.60. The first kappa shape index (κ1) is 34.1. The van der Waals surface area contributed by atoms with Gasteiger partial charge in [0.25, 0.3) is 0 Å². The first-order valence-corrected chi connectivity index (χ1v) is 17.3. The summed E-state index contributed by atoms with van der Waals surface area (Å²) >= 11 is 0. The number of ether oxygens (including phenoxy) is 2. The van der Waals surface area contributed by atoms with Crippen LogP contribution in [-0.4, -0.2) is 0 Å². The van der Waals surface area contributed by atoms with Crippen LogP contribution in [0.25, 0.3) is 22.3 Å². The largest absolute Gasteiger partial charge is 0.453 e. The van der Waals surface area contributed by atoms with Crippen molar-refractivity contribution in [3.8, 4) is 45.3 Å². The van der Waals surface area contributed by atoms with Crippen LogP contribution in [0.1, 0.15) is 16.7 Å². The number of hydrogen-bond acceptors (Lipinski definition) is 4. The summed E-state index contributed by atoms with van der Waals surface area (Å²) in [7, 11) is 0. The predicted octanol–water partition coefficient (Wildman–Crippen LogP) is 14.5. The zero-order valence-corrected chi connectivity index (χ0v) is 28.9. The number of anilines is 6. The summed E-state index contributed by atoms with van der Waals surface area (Å²) in [6, 6.07) is 40.6. The highest BCUT2D eigenvalue weighted by Gasteiger charge is 2.40. The molecule has 0 bridgehead atoms. The third-order valence-corrected chi connectivity index (χ3v) is 9.89. The molecule has 0 radical (unpaired) electrons. The van der Waals surface area contributed by atoms with E-state index in [2.05, 4.69) is 0 Å². The maximum Gasteiger partial charge on any atom is 0.417 e. The molecule has 7 aromatic rings. The van der Waals surface area contributed by atoms with Crippen LogP contribution < -0.4 is 19.3 Å². The molecule has 0 unspecified atom stereocenters. The molecule has 0 atom stereocenters. The summed E-state index contributed by atoms with van der Waals surface area (Å²) < 4.78 is 103. The molecule has 2 aliphatic rings. The summed E-state index contributed by atoms with van der Waals surface area (Å²) in [5.74, 6) is 1.79. The van der Waals surface area contributed by atoms with E-state index in [9.17, 15) is 0 Å². The smallest absolute Gasteiger partial charge is 0.417 e. The van der Waals surface area contributed by atoms with Gasteiger partial charge in [0.1, 0.15) is 0 Å². The first-order chi connectivity index (χ1) is 26.5. The monoisotopic (exact) mass is 742 g/mol. The van der Waals surface area contributed by atoms with Crippen LogP contribution in [0.4, 0.5) is 60.5 Å². The molecule has 7 aromatic carbocycles. The highest BCUT2D eigenvalue weighted by molar-refractivity contribution is 6.04. The van der Waals surface area contributed by atoms with Gasteiger partial charge in [-0.3, -0.25) is 0 Å². The van der Waals surface area contributed by atoms with Gasteiger partial charge in [-0.2, -0.15) is 26.3 Å². The SMILES string of the molecule is Cc1c(-c2ccccc2C(F)(F)F)c(N2c3ccccc3Oc3ccccc32)cc(N2c3ccccc3Oc3ccccc32)c1-c1ccccc1C(F)(F)F. The van der Waals surface area contributed by atoms with Crippen molar-refractivity contribution < 1.29 is 35.8 Å². The standard InChI is InChI=1S/C45H28F6N2O2/c1-27-42(28-14-2-4-16-30(28)44(46,47)48)36(52-32-18-6-10-22-38(32)54-39-23-11-7-19-33(39)52)26-37(43(27)29-15-3-5-17-31(29)45(49,50)51)53-34-20-8-12-24-40(34)55-41-25-13-9-21-35(41)53/h2-26H,1H3. The van der Waals surface area contributed by atoms with Gasteiger partial charge in [-0.05, 0) is 90.3 Å². The normalized spacial score (nSPS) is 13.2. The third-order valence-electron chi connectivity index (χ3n) is 9.89. The van der Waals surface area contributed by atoms with Crippen LogP contribution in [0.5, 0.6) is 23.0 Å². The van der Waals surface area contributed by atoms with E-state index in [4.69, 9.17) is 9.47 Å². The van der Waals surface area contributed by atoms with Crippen LogP contribution >= 0.6 is 0 Å². The number of benzene rings is 7. The van der Waals surface area contributed by atoms with E-state index in [0.717, 1.165) is 12.1 Å². The van der Waals surface area contributed by atoms with Gasteiger partial charge in [0, 0.05) is 11.1 Å². The van der Waals surface area contributed by atoms with Crippen LogP contribution in [-0.2, 0) is 12.4 Å². The fraction of sp³-hybridized carbons (Fsp3) is 0.0667. The minimum absolute atomic E-state index is 0.102. The fourth-order valence-corrected chi connectivity index (χ4v) is 7.64. The lowest BCUT2D eigenvalue weighted by Crippen LogP contribution is -2.21. The third kappa shape index (κ3) is 5.64. The predicted molar refractivity (Wildman–Crippen MR) is 202 cm³/mol. The Kier molecular flexibility index (Phi) is 7.89. The van der Waals surface area contributed by atoms with E-state index in [-0.39, 0.29) is 27.8 Å². The molecule has 0 aromatic heterocycles. The van der Waals surface area contributed by atoms with Gasteiger partial charge in [0.15, 0.2) is 23.0 Å². The Hall–Kier alpha value is -6.68. The molecule has 55 heavy (non-hydrogen) atoms. The number of nitrogens with zero attached hydrogens (tertiary/aromatic N) is 2.